The molecule has 0 saturated heterocycles. The van der Waals surface area contributed by atoms with Crippen molar-refractivity contribution in [3.05, 3.63) is 54.5 Å². The molecular formula is C15H15N5. The smallest absolute Gasteiger partial charge is 0.130 e. The zero-order chi connectivity index (χ0) is 13.9. The van der Waals surface area contributed by atoms with Crippen LogP contribution in [0.2, 0.25) is 0 Å². The molecule has 0 atom stereocenters. The third kappa shape index (κ3) is 2.25. The van der Waals surface area contributed by atoms with Crippen molar-refractivity contribution in [1.29, 1.82) is 0 Å². The van der Waals surface area contributed by atoms with Crippen LogP contribution in [-0.4, -0.2) is 26.8 Å². The summed E-state index contributed by atoms with van der Waals surface area (Å²) in [6.45, 7) is 1.88. The quantitative estimate of drug-likeness (QED) is 0.791. The van der Waals surface area contributed by atoms with Crippen molar-refractivity contribution in [3.63, 3.8) is 0 Å². The molecule has 0 aliphatic carbocycles. The molecule has 0 saturated carbocycles. The Balaban J connectivity index is 2.13. The van der Waals surface area contributed by atoms with Gasteiger partial charge in [-0.15, -0.1) is 0 Å². The first kappa shape index (κ1) is 12.3. The lowest BCUT2D eigenvalue weighted by Crippen LogP contribution is -2.02. The molecule has 0 radical (unpaired) electrons. The lowest BCUT2D eigenvalue weighted by atomic mass is 10.2. The molecule has 100 valence electrons. The molecule has 2 heterocycles. The van der Waals surface area contributed by atoms with E-state index in [0.29, 0.717) is 0 Å². The van der Waals surface area contributed by atoms with E-state index in [1.165, 1.54) is 0 Å². The summed E-state index contributed by atoms with van der Waals surface area (Å²) in [6, 6.07) is 13.9. The first-order valence-corrected chi connectivity index (χ1v) is 6.41. The minimum Gasteiger partial charge on any atom is -0.373 e. The molecule has 5 nitrogen and oxygen atoms in total. The Hall–Kier alpha value is -2.69. The molecule has 20 heavy (non-hydrogen) atoms. The van der Waals surface area contributed by atoms with Crippen molar-refractivity contribution in [3.8, 4) is 17.1 Å². The maximum atomic E-state index is 4.50. The number of benzene rings is 1. The summed E-state index contributed by atoms with van der Waals surface area (Å²) in [5, 5.41) is 7.43. The lowest BCUT2D eigenvalue weighted by Gasteiger charge is -2.09. The number of rotatable bonds is 3. The predicted octanol–water partition coefficient (Wildman–Crippen LogP) is 2.68. The molecule has 3 aromatic rings. The second kappa shape index (κ2) is 5.13. The average molecular weight is 265 g/mol. The minimum absolute atomic E-state index is 0.729. The molecule has 5 heteroatoms. The van der Waals surface area contributed by atoms with Gasteiger partial charge >= 0.3 is 0 Å². The lowest BCUT2D eigenvalue weighted by molar-refractivity contribution is 0.881. The average Bonchev–Trinajstić information content (AvgIpc) is 2.97. The van der Waals surface area contributed by atoms with E-state index >= 15 is 0 Å². The minimum atomic E-state index is 0.729. The summed E-state index contributed by atoms with van der Waals surface area (Å²) in [4.78, 5) is 8.81. The highest BCUT2D eigenvalue weighted by atomic mass is 15.3. The number of hydrogen-bond acceptors (Lipinski definition) is 4. The Morgan fingerprint density at radius 1 is 1.05 bits per heavy atom. The Morgan fingerprint density at radius 3 is 2.60 bits per heavy atom. The Labute approximate surface area is 117 Å². The van der Waals surface area contributed by atoms with Crippen LogP contribution in [0.5, 0.6) is 0 Å². The van der Waals surface area contributed by atoms with E-state index in [4.69, 9.17) is 0 Å². The molecule has 0 spiro atoms. The fourth-order valence-electron chi connectivity index (χ4n) is 2.10. The summed E-state index contributed by atoms with van der Waals surface area (Å²) in [7, 11) is 1.85. The SMILES string of the molecule is CNc1cc(-c2ccnn2-c2ccccc2)nc(C)n1. The number of hydrogen-bond donors (Lipinski definition) is 1. The van der Waals surface area contributed by atoms with Gasteiger partial charge in [0.05, 0.1) is 23.3 Å². The summed E-state index contributed by atoms with van der Waals surface area (Å²) in [5.41, 5.74) is 2.80. The van der Waals surface area contributed by atoms with Crippen LogP contribution in [0.1, 0.15) is 5.82 Å². The van der Waals surface area contributed by atoms with Crippen LogP contribution in [0.25, 0.3) is 17.1 Å². The highest BCUT2D eigenvalue weighted by Gasteiger charge is 2.10. The van der Waals surface area contributed by atoms with E-state index in [0.717, 1.165) is 28.7 Å². The van der Waals surface area contributed by atoms with E-state index in [-0.39, 0.29) is 0 Å². The number of nitrogens with one attached hydrogen (secondary N) is 1. The van der Waals surface area contributed by atoms with Crippen LogP contribution < -0.4 is 5.32 Å². The topological polar surface area (TPSA) is 55.6 Å². The second-order valence-electron chi connectivity index (χ2n) is 4.40. The van der Waals surface area contributed by atoms with Gasteiger partial charge in [-0.25, -0.2) is 14.6 Å². The molecule has 0 amide bonds. The summed E-state index contributed by atoms with van der Waals surface area (Å²) < 4.78 is 1.88. The van der Waals surface area contributed by atoms with Crippen molar-refractivity contribution < 1.29 is 0 Å². The number of nitrogens with zero attached hydrogens (tertiary/aromatic N) is 4. The molecule has 0 fully saturated rings. The molecular weight excluding hydrogens is 250 g/mol. The first-order valence-electron chi connectivity index (χ1n) is 6.41. The molecule has 0 aliphatic heterocycles. The van der Waals surface area contributed by atoms with Crippen molar-refractivity contribution >= 4 is 5.82 Å². The van der Waals surface area contributed by atoms with Crippen LogP contribution in [0.4, 0.5) is 5.82 Å². The largest absolute Gasteiger partial charge is 0.373 e. The number of para-hydroxylation sites is 1. The van der Waals surface area contributed by atoms with Gasteiger partial charge in [0.25, 0.3) is 0 Å². The second-order valence-corrected chi connectivity index (χ2v) is 4.40. The van der Waals surface area contributed by atoms with Gasteiger partial charge in [0.2, 0.25) is 0 Å². The molecule has 0 unspecified atom stereocenters. The van der Waals surface area contributed by atoms with Gasteiger partial charge in [0.15, 0.2) is 0 Å². The Bertz CT molecular complexity index is 718. The monoisotopic (exact) mass is 265 g/mol. The molecule has 1 aromatic carbocycles. The molecule has 0 aliphatic rings. The maximum absolute atomic E-state index is 4.50. The fourth-order valence-corrected chi connectivity index (χ4v) is 2.10. The summed E-state index contributed by atoms with van der Waals surface area (Å²) >= 11 is 0. The number of anilines is 1. The third-order valence-electron chi connectivity index (χ3n) is 3.00. The first-order chi connectivity index (χ1) is 9.78. The van der Waals surface area contributed by atoms with E-state index < -0.39 is 0 Å². The number of aromatic nitrogens is 4. The standard InChI is InChI=1S/C15H15N5/c1-11-18-13(10-15(16-2)19-11)14-8-9-17-20(14)12-6-4-3-5-7-12/h3-10H,1-2H3,(H,16,18,19). The van der Waals surface area contributed by atoms with Crippen molar-refractivity contribution in [1.82, 2.24) is 19.7 Å². The van der Waals surface area contributed by atoms with Gasteiger partial charge in [0, 0.05) is 13.1 Å². The van der Waals surface area contributed by atoms with E-state index in [9.17, 15) is 0 Å². The Morgan fingerprint density at radius 2 is 1.85 bits per heavy atom. The summed E-state index contributed by atoms with van der Waals surface area (Å²) in [5.74, 6) is 1.53. The highest BCUT2D eigenvalue weighted by molar-refractivity contribution is 5.61. The van der Waals surface area contributed by atoms with E-state index in [1.54, 1.807) is 6.20 Å². The zero-order valence-corrected chi connectivity index (χ0v) is 11.4. The van der Waals surface area contributed by atoms with Crippen LogP contribution in [-0.2, 0) is 0 Å². The van der Waals surface area contributed by atoms with Gasteiger partial charge in [-0.3, -0.25) is 0 Å². The summed E-state index contributed by atoms with van der Waals surface area (Å²) in [6.07, 6.45) is 1.78. The van der Waals surface area contributed by atoms with Crippen LogP contribution in [0.3, 0.4) is 0 Å². The normalized spacial score (nSPS) is 10.5. The zero-order valence-electron chi connectivity index (χ0n) is 11.4. The third-order valence-corrected chi connectivity index (χ3v) is 3.00. The van der Waals surface area contributed by atoms with Gasteiger partial charge in [-0.1, -0.05) is 18.2 Å². The van der Waals surface area contributed by atoms with Crippen LogP contribution >= 0.6 is 0 Å². The van der Waals surface area contributed by atoms with Gasteiger partial charge in [-0.05, 0) is 25.1 Å². The van der Waals surface area contributed by atoms with Gasteiger partial charge < -0.3 is 5.32 Å². The van der Waals surface area contributed by atoms with Crippen molar-refractivity contribution in [2.75, 3.05) is 12.4 Å². The number of aryl methyl sites for hydroxylation is 1. The van der Waals surface area contributed by atoms with Gasteiger partial charge in [-0.2, -0.15) is 5.10 Å². The van der Waals surface area contributed by atoms with Crippen LogP contribution in [0, 0.1) is 6.92 Å². The van der Waals surface area contributed by atoms with Crippen molar-refractivity contribution in [2.45, 2.75) is 6.92 Å². The Kier molecular flexibility index (Phi) is 3.16. The molecule has 2 aromatic heterocycles. The van der Waals surface area contributed by atoms with Gasteiger partial charge in [0.1, 0.15) is 11.6 Å². The molecule has 3 rings (SSSR count). The highest BCUT2D eigenvalue weighted by Crippen LogP contribution is 2.22. The van der Waals surface area contributed by atoms with Crippen LogP contribution in [0.15, 0.2) is 48.7 Å². The predicted molar refractivity (Wildman–Crippen MR) is 78.9 cm³/mol. The fraction of sp³-hybridized carbons (Fsp3) is 0.133. The van der Waals surface area contributed by atoms with E-state index in [2.05, 4.69) is 20.4 Å². The maximum Gasteiger partial charge on any atom is 0.130 e. The molecule has 0 bridgehead atoms. The van der Waals surface area contributed by atoms with Crippen molar-refractivity contribution in [2.24, 2.45) is 0 Å². The van der Waals surface area contributed by atoms with E-state index in [1.807, 2.05) is 61.1 Å². The molecule has 1 N–H and O–H groups in total.